The van der Waals surface area contributed by atoms with Gasteiger partial charge in [0.15, 0.2) is 0 Å². The number of carboxylic acids is 1. The van der Waals surface area contributed by atoms with E-state index in [1.165, 1.54) is 0 Å². The average Bonchev–Trinajstić information content (AvgIpc) is 2.30. The van der Waals surface area contributed by atoms with Gasteiger partial charge in [-0.05, 0) is 13.0 Å². The molecule has 0 saturated carbocycles. The summed E-state index contributed by atoms with van der Waals surface area (Å²) in [4.78, 5) is 23.6. The molecule has 0 fully saturated rings. The molecule has 0 aliphatic carbocycles. The van der Waals surface area contributed by atoms with Gasteiger partial charge in [0.25, 0.3) is 0 Å². The number of primary amides is 1. The molecule has 1 amide bonds. The number of nitrogens with zero attached hydrogens (tertiary/aromatic N) is 1. The monoisotopic (exact) mass is 276 g/mol. The highest BCUT2D eigenvalue weighted by Gasteiger charge is 2.38. The Balaban J connectivity index is 0.000000399. The first kappa shape index (κ1) is 16.6. The Hall–Kier alpha value is -2.38. The first-order valence-corrected chi connectivity index (χ1v) is 4.86. The summed E-state index contributed by atoms with van der Waals surface area (Å²) in [6, 6.07) is 3.56. The van der Waals surface area contributed by atoms with E-state index in [4.69, 9.17) is 15.6 Å². The average molecular weight is 276 g/mol. The Bertz CT molecular complexity index is 470. The minimum atomic E-state index is -5.08. The van der Waals surface area contributed by atoms with Crippen molar-refractivity contribution in [1.29, 1.82) is 0 Å². The predicted molar refractivity (Wildman–Crippen MR) is 60.8 cm³/mol. The smallest absolute Gasteiger partial charge is 0.475 e. The van der Waals surface area contributed by atoms with E-state index in [9.17, 15) is 18.0 Å². The van der Waals surface area contributed by atoms with Crippen molar-refractivity contribution in [3.8, 4) is 0 Å². The molecule has 8 heteroatoms. The van der Waals surface area contributed by atoms with E-state index in [2.05, 4.69) is 4.98 Å². The minimum absolute atomic E-state index is 0.425. The normalized spacial score (nSPS) is 11.3. The van der Waals surface area contributed by atoms with Crippen LogP contribution in [0.1, 0.15) is 12.5 Å². The molecule has 19 heavy (non-hydrogen) atoms. The van der Waals surface area contributed by atoms with Crippen LogP contribution >= 0.6 is 0 Å². The van der Waals surface area contributed by atoms with Crippen molar-refractivity contribution < 1.29 is 27.9 Å². The van der Waals surface area contributed by atoms with E-state index in [1.807, 2.05) is 0 Å². The third-order valence-corrected chi connectivity index (χ3v) is 1.77. The molecule has 1 rings (SSSR count). The Morgan fingerprint density at radius 3 is 2.21 bits per heavy atom. The van der Waals surface area contributed by atoms with Crippen LogP contribution in [0.25, 0.3) is 5.57 Å². The van der Waals surface area contributed by atoms with Gasteiger partial charge >= 0.3 is 12.1 Å². The number of carbonyl (C=O) groups is 2. The topological polar surface area (TPSA) is 93.3 Å². The third-order valence-electron chi connectivity index (χ3n) is 1.77. The van der Waals surface area contributed by atoms with Gasteiger partial charge in [0, 0.05) is 23.5 Å². The van der Waals surface area contributed by atoms with Crippen LogP contribution in [0.15, 0.2) is 30.6 Å². The number of rotatable bonds is 2. The lowest BCUT2D eigenvalue weighted by Crippen LogP contribution is -2.21. The van der Waals surface area contributed by atoms with E-state index in [0.29, 0.717) is 5.57 Å². The lowest BCUT2D eigenvalue weighted by atomic mass is 10.1. The number of nitrogens with two attached hydrogens (primary N) is 1. The number of carbonyl (C=O) groups excluding carboxylic acids is 1. The Labute approximate surface area is 106 Å². The van der Waals surface area contributed by atoms with Gasteiger partial charge in [-0.2, -0.15) is 13.2 Å². The van der Waals surface area contributed by atoms with Crippen molar-refractivity contribution in [2.45, 2.75) is 13.1 Å². The van der Waals surface area contributed by atoms with Crippen molar-refractivity contribution in [3.63, 3.8) is 0 Å². The van der Waals surface area contributed by atoms with E-state index in [-0.39, 0.29) is 0 Å². The summed E-state index contributed by atoms with van der Waals surface area (Å²) in [7, 11) is 0. The molecule has 0 aromatic carbocycles. The van der Waals surface area contributed by atoms with Gasteiger partial charge in [0.2, 0.25) is 5.91 Å². The molecule has 3 N–H and O–H groups in total. The van der Waals surface area contributed by atoms with Gasteiger partial charge in [0.1, 0.15) is 0 Å². The fourth-order valence-electron chi connectivity index (χ4n) is 0.973. The molecule has 0 radical (unpaired) electrons. The summed E-state index contributed by atoms with van der Waals surface area (Å²) in [5, 5.41) is 7.12. The maximum Gasteiger partial charge on any atom is 0.490 e. The summed E-state index contributed by atoms with van der Waals surface area (Å²) >= 11 is 0. The van der Waals surface area contributed by atoms with Crippen LogP contribution in [0, 0.1) is 0 Å². The Morgan fingerprint density at radius 2 is 1.95 bits per heavy atom. The SMILES string of the molecule is CC=C(C(N)=O)c1cccnc1.O=C(O)C(F)(F)F. The number of aromatic nitrogens is 1. The number of alkyl halides is 3. The first-order chi connectivity index (χ1) is 8.70. The molecule has 104 valence electrons. The number of hydrogen-bond donors (Lipinski definition) is 2. The quantitative estimate of drug-likeness (QED) is 0.802. The number of amides is 1. The maximum atomic E-state index is 10.9. The molecule has 1 heterocycles. The zero-order chi connectivity index (χ0) is 15.1. The maximum absolute atomic E-state index is 10.9. The Kier molecular flexibility index (Phi) is 6.25. The molecule has 1 aromatic heterocycles. The van der Waals surface area contributed by atoms with Crippen LogP contribution in [0.4, 0.5) is 13.2 Å². The van der Waals surface area contributed by atoms with Crippen molar-refractivity contribution in [2.75, 3.05) is 0 Å². The highest BCUT2D eigenvalue weighted by molar-refractivity contribution is 6.18. The molecule has 0 bridgehead atoms. The molecular weight excluding hydrogens is 265 g/mol. The Morgan fingerprint density at radius 1 is 1.42 bits per heavy atom. The van der Waals surface area contributed by atoms with E-state index in [1.54, 1.807) is 37.5 Å². The fourth-order valence-corrected chi connectivity index (χ4v) is 0.973. The molecular formula is C11H11F3N2O3. The highest BCUT2D eigenvalue weighted by atomic mass is 19.4. The van der Waals surface area contributed by atoms with Crippen LogP contribution in [-0.4, -0.2) is 28.1 Å². The van der Waals surface area contributed by atoms with Crippen molar-refractivity contribution in [3.05, 3.63) is 36.2 Å². The van der Waals surface area contributed by atoms with Crippen LogP contribution < -0.4 is 5.73 Å². The number of pyridine rings is 1. The molecule has 0 spiro atoms. The van der Waals surface area contributed by atoms with Crippen molar-refractivity contribution >= 4 is 17.4 Å². The number of halogens is 3. The van der Waals surface area contributed by atoms with Crippen LogP contribution in [0.5, 0.6) is 0 Å². The second-order valence-electron chi connectivity index (χ2n) is 3.11. The summed E-state index contributed by atoms with van der Waals surface area (Å²) in [6.07, 6.45) is -0.142. The molecule has 0 atom stereocenters. The summed E-state index contributed by atoms with van der Waals surface area (Å²) < 4.78 is 31.7. The first-order valence-electron chi connectivity index (χ1n) is 4.86. The predicted octanol–water partition coefficient (Wildman–Crippen LogP) is 1.60. The van der Waals surface area contributed by atoms with Crippen LogP contribution in [-0.2, 0) is 9.59 Å². The zero-order valence-electron chi connectivity index (χ0n) is 9.81. The second kappa shape index (κ2) is 7.14. The lowest BCUT2D eigenvalue weighted by Gasteiger charge is -2.00. The summed E-state index contributed by atoms with van der Waals surface area (Å²) in [5.41, 5.74) is 6.40. The van der Waals surface area contributed by atoms with Crippen LogP contribution in [0.3, 0.4) is 0 Å². The minimum Gasteiger partial charge on any atom is -0.475 e. The number of aliphatic carboxylic acids is 1. The van der Waals surface area contributed by atoms with Gasteiger partial charge in [-0.3, -0.25) is 9.78 Å². The van der Waals surface area contributed by atoms with Gasteiger partial charge < -0.3 is 10.8 Å². The summed E-state index contributed by atoms with van der Waals surface area (Å²) in [6.45, 7) is 1.77. The molecule has 1 aromatic rings. The van der Waals surface area contributed by atoms with Crippen LogP contribution in [0.2, 0.25) is 0 Å². The van der Waals surface area contributed by atoms with Gasteiger partial charge in [-0.25, -0.2) is 4.79 Å². The largest absolute Gasteiger partial charge is 0.490 e. The number of allylic oxidation sites excluding steroid dienone is 1. The molecule has 0 aliphatic heterocycles. The van der Waals surface area contributed by atoms with Gasteiger partial charge in [0.05, 0.1) is 0 Å². The second-order valence-corrected chi connectivity index (χ2v) is 3.11. The number of hydrogen-bond acceptors (Lipinski definition) is 3. The third kappa shape index (κ3) is 6.20. The highest BCUT2D eigenvalue weighted by Crippen LogP contribution is 2.13. The van der Waals surface area contributed by atoms with E-state index in [0.717, 1.165) is 5.56 Å². The molecule has 0 aliphatic rings. The summed E-state index contributed by atoms with van der Waals surface area (Å²) in [5.74, 6) is -3.18. The molecule has 0 saturated heterocycles. The van der Waals surface area contributed by atoms with Crippen molar-refractivity contribution in [1.82, 2.24) is 4.98 Å². The van der Waals surface area contributed by atoms with Crippen molar-refractivity contribution in [2.24, 2.45) is 5.73 Å². The lowest BCUT2D eigenvalue weighted by molar-refractivity contribution is -0.192. The standard InChI is InChI=1S/C9H10N2O.C2HF3O2/c1-2-8(9(10)12)7-4-3-5-11-6-7;3-2(4,5)1(6)7/h2-6H,1H3,(H2,10,12);(H,6,7). The van der Waals surface area contributed by atoms with Gasteiger partial charge in [-0.1, -0.05) is 12.1 Å². The van der Waals surface area contributed by atoms with E-state index < -0.39 is 18.1 Å². The number of carboxylic acid groups (broad SMARTS) is 1. The molecule has 5 nitrogen and oxygen atoms in total. The fraction of sp³-hybridized carbons (Fsp3) is 0.182. The molecule has 0 unspecified atom stereocenters. The van der Waals surface area contributed by atoms with E-state index >= 15 is 0 Å². The van der Waals surface area contributed by atoms with Gasteiger partial charge in [-0.15, -0.1) is 0 Å². The zero-order valence-corrected chi connectivity index (χ0v) is 9.81.